The van der Waals surface area contributed by atoms with E-state index in [1.807, 2.05) is 0 Å². The Morgan fingerprint density at radius 2 is 1.79 bits per heavy atom. The van der Waals surface area contributed by atoms with Crippen molar-refractivity contribution in [1.29, 1.82) is 0 Å². The Kier molecular flexibility index (Phi) is 3.58. The fourth-order valence-corrected chi connectivity index (χ4v) is 2.01. The minimum atomic E-state index is -4.67. The van der Waals surface area contributed by atoms with Gasteiger partial charge >= 0.3 is 6.18 Å². The molecule has 1 rings (SSSR count). The van der Waals surface area contributed by atoms with Crippen molar-refractivity contribution in [3.05, 3.63) is 33.5 Å². The van der Waals surface area contributed by atoms with Gasteiger partial charge in [0.25, 0.3) is 0 Å². The van der Waals surface area contributed by atoms with Gasteiger partial charge in [0.05, 0.1) is 0 Å². The van der Waals surface area contributed by atoms with Gasteiger partial charge < -0.3 is 0 Å². The molecule has 0 saturated carbocycles. The first-order valence-corrected chi connectivity index (χ1v) is 5.38. The maximum Gasteiger partial charge on any atom is 0.420 e. The molecule has 0 spiro atoms. The molecule has 0 atom stereocenters. The molecule has 0 fully saturated rings. The molecule has 0 N–H and O–H groups in total. The molecule has 0 aromatic heterocycles. The fraction of sp³-hybridized carbons (Fsp3) is 0.250. The summed E-state index contributed by atoms with van der Waals surface area (Å²) in [6.07, 6.45) is -4.67. The lowest BCUT2D eigenvalue weighted by atomic mass is 10.1. The predicted octanol–water partition coefficient (Wildman–Crippen LogP) is 4.50. The highest BCUT2D eigenvalue weighted by Gasteiger charge is 2.36. The lowest BCUT2D eigenvalue weighted by Gasteiger charge is -2.11. The topological polar surface area (TPSA) is 0 Å². The molecule has 1 aromatic carbocycles. The molecular formula is C8H4Br2F4. The molecule has 0 aliphatic rings. The van der Waals surface area contributed by atoms with E-state index < -0.39 is 17.6 Å². The molecule has 0 heterocycles. The van der Waals surface area contributed by atoms with E-state index in [-0.39, 0.29) is 4.47 Å². The Morgan fingerprint density at radius 3 is 2.14 bits per heavy atom. The third-order valence-corrected chi connectivity index (χ3v) is 2.81. The van der Waals surface area contributed by atoms with Crippen LogP contribution in [0.25, 0.3) is 0 Å². The van der Waals surface area contributed by atoms with E-state index in [1.165, 1.54) is 6.07 Å². The van der Waals surface area contributed by atoms with E-state index in [9.17, 15) is 17.6 Å². The summed E-state index contributed by atoms with van der Waals surface area (Å²) < 4.78 is 49.5. The van der Waals surface area contributed by atoms with E-state index in [0.717, 1.165) is 6.07 Å². The van der Waals surface area contributed by atoms with Gasteiger partial charge in [-0.05, 0) is 17.7 Å². The first-order valence-electron chi connectivity index (χ1n) is 3.47. The van der Waals surface area contributed by atoms with Crippen LogP contribution in [0.15, 0.2) is 16.6 Å². The van der Waals surface area contributed by atoms with Crippen molar-refractivity contribution in [3.63, 3.8) is 0 Å². The highest BCUT2D eigenvalue weighted by Crippen LogP contribution is 2.37. The van der Waals surface area contributed by atoms with Gasteiger partial charge in [-0.1, -0.05) is 31.9 Å². The summed E-state index contributed by atoms with van der Waals surface area (Å²) in [6.45, 7) is 0. The van der Waals surface area contributed by atoms with Gasteiger partial charge in [-0.2, -0.15) is 13.2 Å². The Bertz CT molecular complexity index is 323. The Morgan fingerprint density at radius 1 is 1.21 bits per heavy atom. The molecule has 14 heavy (non-hydrogen) atoms. The number of hydrogen-bond acceptors (Lipinski definition) is 0. The molecule has 0 radical (unpaired) electrons. The Hall–Kier alpha value is -0.100. The van der Waals surface area contributed by atoms with Gasteiger partial charge in [-0.3, -0.25) is 0 Å². The zero-order chi connectivity index (χ0) is 10.9. The van der Waals surface area contributed by atoms with Gasteiger partial charge in [0.15, 0.2) is 0 Å². The monoisotopic (exact) mass is 334 g/mol. The van der Waals surface area contributed by atoms with Crippen molar-refractivity contribution < 1.29 is 17.6 Å². The first-order chi connectivity index (χ1) is 6.36. The number of benzene rings is 1. The summed E-state index contributed by atoms with van der Waals surface area (Å²) in [4.78, 5) is 0. The normalized spacial score (nSPS) is 11.9. The quantitative estimate of drug-likeness (QED) is 0.523. The lowest BCUT2D eigenvalue weighted by molar-refractivity contribution is -0.140. The average Bonchev–Trinajstić information content (AvgIpc) is 1.99. The zero-order valence-corrected chi connectivity index (χ0v) is 9.80. The van der Waals surface area contributed by atoms with Gasteiger partial charge in [0, 0.05) is 9.80 Å². The van der Waals surface area contributed by atoms with E-state index in [0.29, 0.717) is 10.9 Å². The summed E-state index contributed by atoms with van der Waals surface area (Å²) in [5.41, 5.74) is -0.815. The number of halogens is 6. The maximum atomic E-state index is 13.0. The third-order valence-electron chi connectivity index (χ3n) is 1.54. The van der Waals surface area contributed by atoms with Gasteiger partial charge in [-0.15, -0.1) is 0 Å². The predicted molar refractivity (Wildman–Crippen MR) is 51.7 cm³/mol. The molecule has 0 bridgehead atoms. The van der Waals surface area contributed by atoms with Crippen molar-refractivity contribution in [2.24, 2.45) is 0 Å². The SMILES string of the molecule is Fc1cc(CBr)cc(Br)c1C(F)(F)F. The third kappa shape index (κ3) is 2.48. The summed E-state index contributed by atoms with van der Waals surface area (Å²) in [6, 6.07) is 2.10. The molecule has 0 aliphatic carbocycles. The van der Waals surface area contributed by atoms with Gasteiger partial charge in [0.1, 0.15) is 11.4 Å². The second-order valence-corrected chi connectivity index (χ2v) is 3.98. The van der Waals surface area contributed by atoms with Crippen LogP contribution in [0.2, 0.25) is 0 Å². The molecular weight excluding hydrogens is 332 g/mol. The van der Waals surface area contributed by atoms with Crippen molar-refractivity contribution in [3.8, 4) is 0 Å². The Labute approximate surface area is 94.6 Å². The molecule has 6 heteroatoms. The van der Waals surface area contributed by atoms with Crippen LogP contribution in [0.4, 0.5) is 17.6 Å². The average molecular weight is 336 g/mol. The minimum absolute atomic E-state index is 0.278. The van der Waals surface area contributed by atoms with E-state index >= 15 is 0 Å². The van der Waals surface area contributed by atoms with Crippen LogP contribution in [0, 0.1) is 5.82 Å². The van der Waals surface area contributed by atoms with Crippen LogP contribution in [0.1, 0.15) is 11.1 Å². The Balaban J connectivity index is 3.33. The second kappa shape index (κ2) is 4.18. The molecule has 0 unspecified atom stereocenters. The highest BCUT2D eigenvalue weighted by molar-refractivity contribution is 9.10. The fourth-order valence-electron chi connectivity index (χ4n) is 0.974. The molecule has 1 aromatic rings. The van der Waals surface area contributed by atoms with Gasteiger partial charge in [-0.25, -0.2) is 4.39 Å². The van der Waals surface area contributed by atoms with Crippen LogP contribution in [-0.4, -0.2) is 0 Å². The van der Waals surface area contributed by atoms with Crippen LogP contribution >= 0.6 is 31.9 Å². The van der Waals surface area contributed by atoms with E-state index in [2.05, 4.69) is 31.9 Å². The van der Waals surface area contributed by atoms with Crippen molar-refractivity contribution in [2.45, 2.75) is 11.5 Å². The number of rotatable bonds is 1. The van der Waals surface area contributed by atoms with E-state index in [1.54, 1.807) is 0 Å². The standard InChI is InChI=1S/C8H4Br2F4/c9-3-4-1-5(10)7(6(11)2-4)8(12,13)14/h1-2H,3H2. The molecule has 0 amide bonds. The second-order valence-electron chi connectivity index (χ2n) is 2.57. The number of hydrogen-bond donors (Lipinski definition) is 0. The van der Waals surface area contributed by atoms with Gasteiger partial charge in [0.2, 0.25) is 0 Å². The summed E-state index contributed by atoms with van der Waals surface area (Å²) in [5.74, 6) is -1.26. The van der Waals surface area contributed by atoms with E-state index in [4.69, 9.17) is 0 Å². The van der Waals surface area contributed by atoms with Crippen LogP contribution in [-0.2, 0) is 11.5 Å². The molecule has 0 aliphatic heterocycles. The summed E-state index contributed by atoms with van der Waals surface area (Å²) in [5, 5.41) is 0.306. The molecule has 0 nitrogen and oxygen atoms in total. The summed E-state index contributed by atoms with van der Waals surface area (Å²) >= 11 is 5.73. The number of alkyl halides is 4. The minimum Gasteiger partial charge on any atom is -0.206 e. The van der Waals surface area contributed by atoms with Crippen molar-refractivity contribution in [2.75, 3.05) is 0 Å². The van der Waals surface area contributed by atoms with Crippen molar-refractivity contribution in [1.82, 2.24) is 0 Å². The smallest absolute Gasteiger partial charge is 0.206 e. The van der Waals surface area contributed by atoms with Crippen LogP contribution in [0.5, 0.6) is 0 Å². The van der Waals surface area contributed by atoms with Crippen molar-refractivity contribution >= 4 is 31.9 Å². The lowest BCUT2D eigenvalue weighted by Crippen LogP contribution is -2.09. The van der Waals surface area contributed by atoms with Crippen LogP contribution in [0.3, 0.4) is 0 Å². The largest absolute Gasteiger partial charge is 0.420 e. The molecule has 78 valence electrons. The highest BCUT2D eigenvalue weighted by atomic mass is 79.9. The maximum absolute atomic E-state index is 13.0. The molecule has 0 saturated heterocycles. The zero-order valence-electron chi connectivity index (χ0n) is 6.63. The first kappa shape index (κ1) is 12.0. The van der Waals surface area contributed by atoms with Crippen LogP contribution < -0.4 is 0 Å². The summed E-state index contributed by atoms with van der Waals surface area (Å²) in [7, 11) is 0.